The number of carbonyl (C=O) groups is 1. The van der Waals surface area contributed by atoms with Crippen LogP contribution in [0.2, 0.25) is 0 Å². The van der Waals surface area contributed by atoms with E-state index in [1.165, 1.54) is 30.6 Å². The van der Waals surface area contributed by atoms with Crippen LogP contribution in [0.25, 0.3) is 0 Å². The lowest BCUT2D eigenvalue weighted by Gasteiger charge is -2.36. The molecule has 0 unspecified atom stereocenters. The summed E-state index contributed by atoms with van der Waals surface area (Å²) in [5.41, 5.74) is 1.59. The number of amides is 1. The number of hydrogen-bond acceptors (Lipinski definition) is 5. The Labute approximate surface area is 105 Å². The van der Waals surface area contributed by atoms with Gasteiger partial charge in [-0.15, -0.1) is 10.2 Å². The maximum absolute atomic E-state index is 11.9. The van der Waals surface area contributed by atoms with Gasteiger partial charge in [-0.3, -0.25) is 4.79 Å². The fourth-order valence-corrected chi connectivity index (χ4v) is 2.90. The summed E-state index contributed by atoms with van der Waals surface area (Å²) in [4.78, 5) is 11.9. The molecule has 1 saturated carbocycles. The molecule has 1 aliphatic carbocycles. The van der Waals surface area contributed by atoms with Gasteiger partial charge in [0.25, 0.3) is 0 Å². The molecule has 0 atom stereocenters. The van der Waals surface area contributed by atoms with Gasteiger partial charge in [-0.2, -0.15) is 0 Å². The Kier molecular flexibility index (Phi) is 4.06. The third kappa shape index (κ3) is 3.23. The largest absolute Gasteiger partial charge is 0.314 e. The highest BCUT2D eigenvalue weighted by atomic mass is 32.1. The second-order valence-electron chi connectivity index (χ2n) is 4.56. The Morgan fingerprint density at radius 3 is 2.82 bits per heavy atom. The number of nitrogens with one attached hydrogen (secondary N) is 2. The van der Waals surface area contributed by atoms with Crippen molar-refractivity contribution < 1.29 is 4.79 Å². The zero-order chi connectivity index (χ0) is 12.1. The van der Waals surface area contributed by atoms with Crippen LogP contribution in [0.1, 0.15) is 38.5 Å². The van der Waals surface area contributed by atoms with E-state index >= 15 is 0 Å². The van der Waals surface area contributed by atoms with E-state index in [9.17, 15) is 4.79 Å². The first-order valence-corrected chi connectivity index (χ1v) is 6.87. The van der Waals surface area contributed by atoms with Crippen LogP contribution in [0.3, 0.4) is 0 Å². The van der Waals surface area contributed by atoms with Crippen molar-refractivity contribution in [2.75, 3.05) is 12.4 Å². The molecule has 1 aliphatic rings. The summed E-state index contributed by atoms with van der Waals surface area (Å²) in [7, 11) is 1.95. The van der Waals surface area contributed by atoms with Crippen molar-refractivity contribution >= 4 is 22.4 Å². The number of rotatable bonds is 4. The molecule has 6 heteroatoms. The van der Waals surface area contributed by atoms with Gasteiger partial charge in [-0.25, -0.2) is 0 Å². The van der Waals surface area contributed by atoms with Crippen molar-refractivity contribution in [1.82, 2.24) is 15.5 Å². The van der Waals surface area contributed by atoms with Crippen LogP contribution in [-0.2, 0) is 4.79 Å². The van der Waals surface area contributed by atoms with Crippen LogP contribution in [0, 0.1) is 0 Å². The molecule has 1 fully saturated rings. The molecule has 0 spiro atoms. The monoisotopic (exact) mass is 254 g/mol. The van der Waals surface area contributed by atoms with E-state index in [1.54, 1.807) is 5.51 Å². The van der Waals surface area contributed by atoms with Crippen LogP contribution in [0.4, 0.5) is 5.13 Å². The fraction of sp³-hybridized carbons (Fsp3) is 0.727. The van der Waals surface area contributed by atoms with Crippen molar-refractivity contribution in [3.63, 3.8) is 0 Å². The molecule has 1 aromatic rings. The predicted octanol–water partition coefficient (Wildman–Crippen LogP) is 1.79. The fourth-order valence-electron chi connectivity index (χ4n) is 2.44. The SMILES string of the molecule is CNC1(CC(=O)Nc2nncs2)CCCCC1. The molecule has 1 heterocycles. The molecule has 0 saturated heterocycles. The smallest absolute Gasteiger partial charge is 0.228 e. The summed E-state index contributed by atoms with van der Waals surface area (Å²) in [6.07, 6.45) is 6.35. The minimum atomic E-state index is -0.0208. The maximum atomic E-state index is 11.9. The molecule has 1 amide bonds. The van der Waals surface area contributed by atoms with Gasteiger partial charge in [0.2, 0.25) is 11.0 Å². The summed E-state index contributed by atoms with van der Waals surface area (Å²) in [5, 5.41) is 14.2. The van der Waals surface area contributed by atoms with Gasteiger partial charge in [-0.05, 0) is 19.9 Å². The molecule has 0 bridgehead atoms. The summed E-state index contributed by atoms with van der Waals surface area (Å²) >= 11 is 1.35. The Bertz CT molecular complexity index is 360. The first-order valence-electron chi connectivity index (χ1n) is 5.99. The van der Waals surface area contributed by atoms with Gasteiger partial charge in [0.1, 0.15) is 5.51 Å². The molecule has 94 valence electrons. The van der Waals surface area contributed by atoms with Crippen molar-refractivity contribution in [2.24, 2.45) is 0 Å². The number of nitrogens with zero attached hydrogens (tertiary/aromatic N) is 2. The number of aromatic nitrogens is 2. The lowest BCUT2D eigenvalue weighted by atomic mass is 9.79. The van der Waals surface area contributed by atoms with Crippen molar-refractivity contribution in [3.8, 4) is 0 Å². The zero-order valence-corrected chi connectivity index (χ0v) is 10.8. The van der Waals surface area contributed by atoms with Crippen LogP contribution in [0.15, 0.2) is 5.51 Å². The normalized spacial score (nSPS) is 18.9. The van der Waals surface area contributed by atoms with Gasteiger partial charge in [-0.1, -0.05) is 30.6 Å². The lowest BCUT2D eigenvalue weighted by Crippen LogP contribution is -2.47. The van der Waals surface area contributed by atoms with E-state index in [0.717, 1.165) is 12.8 Å². The minimum Gasteiger partial charge on any atom is -0.314 e. The van der Waals surface area contributed by atoms with Gasteiger partial charge < -0.3 is 10.6 Å². The van der Waals surface area contributed by atoms with E-state index in [0.29, 0.717) is 11.6 Å². The molecule has 0 aromatic carbocycles. The second-order valence-corrected chi connectivity index (χ2v) is 5.39. The maximum Gasteiger partial charge on any atom is 0.228 e. The zero-order valence-electron chi connectivity index (χ0n) is 10.0. The van der Waals surface area contributed by atoms with Crippen LogP contribution >= 0.6 is 11.3 Å². The van der Waals surface area contributed by atoms with E-state index in [4.69, 9.17) is 0 Å². The van der Waals surface area contributed by atoms with Crippen LogP contribution in [0.5, 0.6) is 0 Å². The minimum absolute atomic E-state index is 0.0208. The summed E-state index contributed by atoms with van der Waals surface area (Å²) < 4.78 is 0. The van der Waals surface area contributed by atoms with Gasteiger partial charge in [0.15, 0.2) is 0 Å². The van der Waals surface area contributed by atoms with E-state index in [-0.39, 0.29) is 11.4 Å². The average Bonchev–Trinajstić information content (AvgIpc) is 2.83. The summed E-state index contributed by atoms with van der Waals surface area (Å²) in [6.45, 7) is 0. The molecular weight excluding hydrogens is 236 g/mol. The first kappa shape index (κ1) is 12.4. The van der Waals surface area contributed by atoms with Crippen LogP contribution < -0.4 is 10.6 Å². The summed E-state index contributed by atoms with van der Waals surface area (Å²) in [6, 6.07) is 0. The van der Waals surface area contributed by atoms with Gasteiger partial charge >= 0.3 is 0 Å². The van der Waals surface area contributed by atoms with Crippen molar-refractivity contribution in [3.05, 3.63) is 5.51 Å². The molecule has 2 rings (SSSR count). The molecule has 0 radical (unpaired) electrons. The Hall–Kier alpha value is -1.01. The van der Waals surface area contributed by atoms with Gasteiger partial charge in [0.05, 0.1) is 0 Å². The topological polar surface area (TPSA) is 66.9 Å². The Morgan fingerprint density at radius 2 is 2.24 bits per heavy atom. The van der Waals surface area contributed by atoms with Crippen molar-refractivity contribution in [2.45, 2.75) is 44.1 Å². The Morgan fingerprint density at radius 1 is 1.47 bits per heavy atom. The highest BCUT2D eigenvalue weighted by Gasteiger charge is 2.32. The summed E-state index contributed by atoms with van der Waals surface area (Å²) in [5.74, 6) is 0.0259. The van der Waals surface area contributed by atoms with Crippen molar-refractivity contribution in [1.29, 1.82) is 0 Å². The van der Waals surface area contributed by atoms with Crippen LogP contribution in [-0.4, -0.2) is 28.7 Å². The third-order valence-corrected chi connectivity index (χ3v) is 4.05. The number of hydrogen-bond donors (Lipinski definition) is 2. The first-order chi connectivity index (χ1) is 8.24. The third-order valence-electron chi connectivity index (χ3n) is 3.45. The number of anilines is 1. The molecule has 0 aliphatic heterocycles. The standard InChI is InChI=1S/C11H18N4OS/c1-12-11(5-3-2-4-6-11)7-9(16)14-10-15-13-8-17-10/h8,12H,2-7H2,1H3,(H,14,15,16). The van der Waals surface area contributed by atoms with E-state index < -0.39 is 0 Å². The highest BCUT2D eigenvalue weighted by Crippen LogP contribution is 2.31. The van der Waals surface area contributed by atoms with Gasteiger partial charge in [0, 0.05) is 12.0 Å². The average molecular weight is 254 g/mol. The second kappa shape index (κ2) is 5.55. The molecule has 5 nitrogen and oxygen atoms in total. The predicted molar refractivity (Wildman–Crippen MR) is 68.0 cm³/mol. The van der Waals surface area contributed by atoms with E-state index in [2.05, 4.69) is 20.8 Å². The lowest BCUT2D eigenvalue weighted by molar-refractivity contribution is -0.117. The molecule has 1 aromatic heterocycles. The Balaban J connectivity index is 1.91. The molecular formula is C11H18N4OS. The quantitative estimate of drug-likeness (QED) is 0.859. The molecule has 17 heavy (non-hydrogen) atoms. The highest BCUT2D eigenvalue weighted by molar-refractivity contribution is 7.13. The molecule has 2 N–H and O–H groups in total. The number of carbonyl (C=O) groups excluding carboxylic acids is 1. The van der Waals surface area contributed by atoms with E-state index in [1.807, 2.05) is 7.05 Å².